The van der Waals surface area contributed by atoms with Crippen molar-refractivity contribution >= 4 is 39.1 Å². The van der Waals surface area contributed by atoms with Crippen LogP contribution in [0.2, 0.25) is 0 Å². The lowest BCUT2D eigenvalue weighted by atomic mass is 9.88. The van der Waals surface area contributed by atoms with Crippen LogP contribution < -0.4 is 0 Å². The lowest BCUT2D eigenvalue weighted by Gasteiger charge is -2.31. The van der Waals surface area contributed by atoms with Gasteiger partial charge in [0.2, 0.25) is 0 Å². The highest BCUT2D eigenvalue weighted by atomic mass is 79.9. The summed E-state index contributed by atoms with van der Waals surface area (Å²) in [6.07, 6.45) is 5.35. The van der Waals surface area contributed by atoms with Crippen LogP contribution in [0.15, 0.2) is 0 Å². The molecule has 1 aliphatic rings. The van der Waals surface area contributed by atoms with Gasteiger partial charge in [-0.15, -0.1) is 23.2 Å². The van der Waals surface area contributed by atoms with Gasteiger partial charge in [0, 0.05) is 11.8 Å². The standard InChI is InChI=1S/C11H19BrCl2O/c1-8-3-2-4-9(5-8)15-11(7-14)10(12)6-13/h8-11H,2-7H2,1H3. The third-order valence-corrected chi connectivity index (χ3v) is 4.88. The minimum Gasteiger partial charge on any atom is -0.373 e. The molecule has 1 fully saturated rings. The van der Waals surface area contributed by atoms with Gasteiger partial charge in [-0.1, -0.05) is 35.7 Å². The third-order valence-electron chi connectivity index (χ3n) is 2.96. The highest BCUT2D eigenvalue weighted by Crippen LogP contribution is 2.28. The van der Waals surface area contributed by atoms with Crippen molar-refractivity contribution in [1.82, 2.24) is 0 Å². The molecule has 1 aliphatic carbocycles. The first kappa shape index (κ1) is 14.1. The fraction of sp³-hybridized carbons (Fsp3) is 1.00. The van der Waals surface area contributed by atoms with Crippen molar-refractivity contribution < 1.29 is 4.74 Å². The van der Waals surface area contributed by atoms with Gasteiger partial charge in [-0.05, 0) is 18.8 Å². The van der Waals surface area contributed by atoms with E-state index in [9.17, 15) is 0 Å². The highest BCUT2D eigenvalue weighted by molar-refractivity contribution is 9.09. The summed E-state index contributed by atoms with van der Waals surface area (Å²) in [4.78, 5) is 0.161. The molecule has 4 atom stereocenters. The smallest absolute Gasteiger partial charge is 0.0850 e. The molecule has 4 heteroatoms. The molecule has 0 spiro atoms. The zero-order valence-corrected chi connectivity index (χ0v) is 12.2. The van der Waals surface area contributed by atoms with Crippen LogP contribution in [0.3, 0.4) is 0 Å². The number of halogens is 3. The van der Waals surface area contributed by atoms with Crippen LogP contribution in [-0.4, -0.2) is 28.8 Å². The lowest BCUT2D eigenvalue weighted by Crippen LogP contribution is -2.34. The zero-order chi connectivity index (χ0) is 11.3. The van der Waals surface area contributed by atoms with Gasteiger partial charge < -0.3 is 4.74 Å². The Labute approximate surface area is 111 Å². The van der Waals surface area contributed by atoms with Crippen LogP contribution in [0.1, 0.15) is 32.6 Å². The van der Waals surface area contributed by atoms with E-state index in [1.54, 1.807) is 0 Å². The molecule has 1 rings (SSSR count). The summed E-state index contributed by atoms with van der Waals surface area (Å²) in [6.45, 7) is 2.29. The Kier molecular flexibility index (Phi) is 6.92. The van der Waals surface area contributed by atoms with Gasteiger partial charge in [0.1, 0.15) is 0 Å². The van der Waals surface area contributed by atoms with E-state index in [2.05, 4.69) is 22.9 Å². The minimum absolute atomic E-state index is 0.0412. The topological polar surface area (TPSA) is 9.23 Å². The summed E-state index contributed by atoms with van der Waals surface area (Å²) < 4.78 is 6.00. The maximum absolute atomic E-state index is 6.00. The molecule has 0 radical (unpaired) electrons. The van der Waals surface area contributed by atoms with Crippen LogP contribution in [0, 0.1) is 5.92 Å². The molecule has 0 aromatic carbocycles. The van der Waals surface area contributed by atoms with Gasteiger partial charge in [-0.3, -0.25) is 0 Å². The Morgan fingerprint density at radius 2 is 2.07 bits per heavy atom. The van der Waals surface area contributed by atoms with Crippen LogP contribution in [0.4, 0.5) is 0 Å². The van der Waals surface area contributed by atoms with E-state index in [1.165, 1.54) is 19.3 Å². The molecule has 0 aromatic heterocycles. The third kappa shape index (κ3) is 4.80. The summed E-state index contributed by atoms with van der Waals surface area (Å²) in [5.74, 6) is 1.83. The predicted octanol–water partition coefficient (Wildman–Crippen LogP) is 4.19. The number of hydrogen-bond donors (Lipinski definition) is 0. The molecule has 0 N–H and O–H groups in total. The number of rotatable bonds is 5. The van der Waals surface area contributed by atoms with Crippen LogP contribution in [0.5, 0.6) is 0 Å². The average molecular weight is 318 g/mol. The Morgan fingerprint density at radius 1 is 1.33 bits per heavy atom. The van der Waals surface area contributed by atoms with Crippen molar-refractivity contribution in [1.29, 1.82) is 0 Å². The highest BCUT2D eigenvalue weighted by Gasteiger charge is 2.25. The van der Waals surface area contributed by atoms with Crippen LogP contribution in [0.25, 0.3) is 0 Å². The van der Waals surface area contributed by atoms with Crippen LogP contribution in [-0.2, 0) is 4.74 Å². The summed E-state index contributed by atoms with van der Waals surface area (Å²) >= 11 is 15.2. The van der Waals surface area contributed by atoms with Gasteiger partial charge in [0.15, 0.2) is 0 Å². The number of alkyl halides is 3. The zero-order valence-electron chi connectivity index (χ0n) is 9.09. The maximum Gasteiger partial charge on any atom is 0.0850 e. The Morgan fingerprint density at radius 3 is 2.60 bits per heavy atom. The molecular formula is C11H19BrCl2O. The largest absolute Gasteiger partial charge is 0.373 e. The van der Waals surface area contributed by atoms with E-state index in [0.29, 0.717) is 17.9 Å². The molecule has 0 amide bonds. The summed E-state index contributed by atoms with van der Waals surface area (Å²) in [7, 11) is 0. The Balaban J connectivity index is 2.36. The second kappa shape index (κ2) is 7.37. The quantitative estimate of drug-likeness (QED) is 0.691. The van der Waals surface area contributed by atoms with Gasteiger partial charge in [0.05, 0.1) is 17.0 Å². The second-order valence-electron chi connectivity index (χ2n) is 4.39. The predicted molar refractivity (Wildman–Crippen MR) is 70.4 cm³/mol. The summed E-state index contributed by atoms with van der Waals surface area (Å²) in [5.41, 5.74) is 0. The first-order chi connectivity index (χ1) is 7.17. The van der Waals surface area contributed by atoms with Crippen molar-refractivity contribution in [2.75, 3.05) is 11.8 Å². The monoisotopic (exact) mass is 316 g/mol. The average Bonchev–Trinajstić information content (AvgIpc) is 2.25. The fourth-order valence-electron chi connectivity index (χ4n) is 2.07. The molecule has 15 heavy (non-hydrogen) atoms. The Bertz CT molecular complexity index is 180. The van der Waals surface area contributed by atoms with Crippen molar-refractivity contribution in [3.8, 4) is 0 Å². The van der Waals surface area contributed by atoms with Crippen molar-refractivity contribution in [3.63, 3.8) is 0 Å². The molecule has 4 unspecified atom stereocenters. The molecule has 1 saturated carbocycles. The normalized spacial score (nSPS) is 31.2. The molecule has 90 valence electrons. The van der Waals surface area contributed by atoms with Crippen LogP contribution >= 0.6 is 39.1 Å². The molecule has 0 bridgehead atoms. The van der Waals surface area contributed by atoms with Gasteiger partial charge in [0.25, 0.3) is 0 Å². The van der Waals surface area contributed by atoms with E-state index in [-0.39, 0.29) is 10.9 Å². The van der Waals surface area contributed by atoms with Crippen molar-refractivity contribution in [2.24, 2.45) is 5.92 Å². The van der Waals surface area contributed by atoms with E-state index in [0.717, 1.165) is 12.3 Å². The molecule has 0 saturated heterocycles. The SMILES string of the molecule is CC1CCCC(OC(CCl)C(Br)CCl)C1. The molecule has 0 heterocycles. The molecule has 0 aliphatic heterocycles. The number of hydrogen-bond acceptors (Lipinski definition) is 1. The Hall–Kier alpha value is 1.02. The van der Waals surface area contributed by atoms with Crippen molar-refractivity contribution in [3.05, 3.63) is 0 Å². The molecule has 0 aromatic rings. The first-order valence-corrected chi connectivity index (χ1v) is 7.57. The fourth-order valence-corrected chi connectivity index (χ4v) is 3.08. The maximum atomic E-state index is 6.00. The van der Waals surface area contributed by atoms with E-state index in [4.69, 9.17) is 27.9 Å². The summed E-state index contributed by atoms with van der Waals surface area (Å²) in [6, 6.07) is 0. The molecule has 1 nitrogen and oxygen atoms in total. The van der Waals surface area contributed by atoms with E-state index in [1.807, 2.05) is 0 Å². The lowest BCUT2D eigenvalue weighted by molar-refractivity contribution is -0.0263. The number of ether oxygens (including phenoxy) is 1. The minimum atomic E-state index is 0.0412. The van der Waals surface area contributed by atoms with Gasteiger partial charge in [-0.2, -0.15) is 0 Å². The van der Waals surface area contributed by atoms with Crippen molar-refractivity contribution in [2.45, 2.75) is 49.6 Å². The van der Waals surface area contributed by atoms with Gasteiger partial charge >= 0.3 is 0 Å². The second-order valence-corrected chi connectivity index (χ2v) is 6.19. The van der Waals surface area contributed by atoms with Gasteiger partial charge in [-0.25, -0.2) is 0 Å². The first-order valence-electron chi connectivity index (χ1n) is 5.58. The van der Waals surface area contributed by atoms with E-state index >= 15 is 0 Å². The molecular weight excluding hydrogens is 299 g/mol. The van der Waals surface area contributed by atoms with E-state index < -0.39 is 0 Å². The summed E-state index contributed by atoms with van der Waals surface area (Å²) in [5, 5.41) is 0.